The molecular formula is C20H34O. The van der Waals surface area contributed by atoms with Gasteiger partial charge < -0.3 is 5.11 Å². The number of hydrogen-bond donors (Lipinski definition) is 1. The Bertz CT molecular complexity index is 418. The van der Waals surface area contributed by atoms with E-state index < -0.39 is 0 Å². The van der Waals surface area contributed by atoms with E-state index in [0.29, 0.717) is 11.3 Å². The van der Waals surface area contributed by atoms with Gasteiger partial charge in [-0.25, -0.2) is 0 Å². The summed E-state index contributed by atoms with van der Waals surface area (Å²) < 4.78 is 0. The Morgan fingerprint density at radius 2 is 2.05 bits per heavy atom. The van der Waals surface area contributed by atoms with E-state index in [1.165, 1.54) is 49.7 Å². The molecule has 2 fully saturated rings. The van der Waals surface area contributed by atoms with E-state index in [2.05, 4.69) is 40.3 Å². The van der Waals surface area contributed by atoms with Crippen molar-refractivity contribution >= 4 is 0 Å². The predicted molar refractivity (Wildman–Crippen MR) is 91.2 cm³/mol. The molecule has 21 heavy (non-hydrogen) atoms. The normalized spacial score (nSPS) is 39.8. The molecule has 0 heterocycles. The summed E-state index contributed by atoms with van der Waals surface area (Å²) in [6.45, 7) is 13.9. The van der Waals surface area contributed by atoms with Crippen LogP contribution in [0.2, 0.25) is 0 Å². The highest BCUT2D eigenvalue weighted by Crippen LogP contribution is 2.62. The minimum Gasteiger partial charge on any atom is -0.396 e. The summed E-state index contributed by atoms with van der Waals surface area (Å²) in [5.41, 5.74) is 3.43. The van der Waals surface area contributed by atoms with Crippen molar-refractivity contribution in [2.24, 2.45) is 22.7 Å². The molecule has 0 saturated heterocycles. The van der Waals surface area contributed by atoms with Crippen LogP contribution in [0.25, 0.3) is 0 Å². The molecule has 2 aliphatic rings. The second-order valence-electron chi connectivity index (χ2n) is 8.32. The first-order valence-corrected chi connectivity index (χ1v) is 8.75. The Kier molecular flexibility index (Phi) is 5.03. The van der Waals surface area contributed by atoms with Gasteiger partial charge in [0.15, 0.2) is 0 Å². The van der Waals surface area contributed by atoms with Crippen molar-refractivity contribution in [3.05, 3.63) is 23.8 Å². The molecule has 0 aliphatic heterocycles. The molecule has 0 aromatic carbocycles. The lowest BCUT2D eigenvalue weighted by atomic mass is 9.46. The zero-order chi connectivity index (χ0) is 15.7. The van der Waals surface area contributed by atoms with E-state index in [4.69, 9.17) is 0 Å². The summed E-state index contributed by atoms with van der Waals surface area (Å²) in [5, 5.41) is 9.91. The van der Waals surface area contributed by atoms with E-state index in [0.717, 1.165) is 12.3 Å². The van der Waals surface area contributed by atoms with Gasteiger partial charge in [-0.3, -0.25) is 0 Å². The van der Waals surface area contributed by atoms with E-state index in [1.807, 2.05) is 0 Å². The van der Waals surface area contributed by atoms with Gasteiger partial charge in [0.05, 0.1) is 6.61 Å². The Balaban J connectivity index is 2.21. The molecule has 2 saturated carbocycles. The van der Waals surface area contributed by atoms with Crippen molar-refractivity contribution in [2.75, 3.05) is 6.61 Å². The van der Waals surface area contributed by atoms with Gasteiger partial charge in [-0.05, 0) is 69.1 Å². The topological polar surface area (TPSA) is 20.2 Å². The van der Waals surface area contributed by atoms with Gasteiger partial charge in [-0.15, -0.1) is 0 Å². The number of allylic oxidation sites excluding steroid dienone is 2. The third-order valence-corrected chi connectivity index (χ3v) is 6.59. The molecule has 0 amide bonds. The van der Waals surface area contributed by atoms with Crippen LogP contribution >= 0.6 is 0 Å². The van der Waals surface area contributed by atoms with Gasteiger partial charge in [0.2, 0.25) is 0 Å². The lowest BCUT2D eigenvalue weighted by Gasteiger charge is -2.58. The van der Waals surface area contributed by atoms with Crippen molar-refractivity contribution in [3.63, 3.8) is 0 Å². The Hall–Kier alpha value is -0.560. The fraction of sp³-hybridized carbons (Fsp3) is 0.800. The summed E-state index contributed by atoms with van der Waals surface area (Å²) in [5.74, 6) is 1.06. The van der Waals surface area contributed by atoms with Crippen LogP contribution in [-0.2, 0) is 0 Å². The fourth-order valence-corrected chi connectivity index (χ4v) is 5.41. The largest absolute Gasteiger partial charge is 0.396 e. The van der Waals surface area contributed by atoms with Crippen LogP contribution in [-0.4, -0.2) is 11.7 Å². The summed E-state index contributed by atoms with van der Waals surface area (Å²) in [7, 11) is 0. The minimum atomic E-state index is 0.266. The summed E-state index contributed by atoms with van der Waals surface area (Å²) in [6, 6.07) is 0. The third kappa shape index (κ3) is 3.13. The van der Waals surface area contributed by atoms with Crippen molar-refractivity contribution < 1.29 is 5.11 Å². The molecule has 4 unspecified atom stereocenters. The van der Waals surface area contributed by atoms with E-state index in [1.54, 1.807) is 0 Å². The van der Waals surface area contributed by atoms with Crippen molar-refractivity contribution in [3.8, 4) is 0 Å². The zero-order valence-corrected chi connectivity index (χ0v) is 14.5. The molecule has 0 aromatic rings. The number of hydrogen-bond acceptors (Lipinski definition) is 1. The first-order valence-electron chi connectivity index (χ1n) is 8.75. The van der Waals surface area contributed by atoms with Crippen molar-refractivity contribution in [2.45, 2.75) is 72.6 Å². The highest BCUT2D eigenvalue weighted by Gasteiger charge is 2.53. The number of aliphatic hydroxyl groups excluding tert-OH is 1. The van der Waals surface area contributed by atoms with Gasteiger partial charge in [0.1, 0.15) is 0 Å². The fourth-order valence-electron chi connectivity index (χ4n) is 5.41. The minimum absolute atomic E-state index is 0.266. The van der Waals surface area contributed by atoms with E-state index in [9.17, 15) is 5.11 Å². The standard InChI is InChI=1S/C20H34O/c1-15(2)8-6-11-19(4)12-7-13-20(5)17(14-21)16(3)9-10-18(19)20/h8,17-18,21H,3,6-7,9-14H2,1-2,4-5H3. The van der Waals surface area contributed by atoms with Crippen LogP contribution in [0.4, 0.5) is 0 Å². The first-order chi connectivity index (χ1) is 9.83. The van der Waals surface area contributed by atoms with E-state index in [-0.39, 0.29) is 12.0 Å². The van der Waals surface area contributed by atoms with Crippen LogP contribution in [0.1, 0.15) is 72.6 Å². The number of fused-ring (bicyclic) bond motifs is 1. The molecule has 2 aliphatic carbocycles. The Morgan fingerprint density at radius 1 is 1.33 bits per heavy atom. The quantitative estimate of drug-likeness (QED) is 0.677. The van der Waals surface area contributed by atoms with Crippen molar-refractivity contribution in [1.82, 2.24) is 0 Å². The molecule has 0 aromatic heterocycles. The highest BCUT2D eigenvalue weighted by molar-refractivity contribution is 5.16. The maximum Gasteiger partial charge on any atom is 0.0501 e. The monoisotopic (exact) mass is 290 g/mol. The van der Waals surface area contributed by atoms with Crippen LogP contribution in [0.5, 0.6) is 0 Å². The van der Waals surface area contributed by atoms with Crippen LogP contribution in [0.15, 0.2) is 23.8 Å². The molecule has 4 atom stereocenters. The number of rotatable bonds is 4. The number of aliphatic hydroxyl groups is 1. The Morgan fingerprint density at radius 3 is 2.67 bits per heavy atom. The molecule has 120 valence electrons. The molecule has 0 bridgehead atoms. The van der Waals surface area contributed by atoms with Gasteiger partial charge in [-0.1, -0.05) is 44.1 Å². The lowest BCUT2D eigenvalue weighted by molar-refractivity contribution is -0.0764. The first kappa shape index (κ1) is 16.8. The average Bonchev–Trinajstić information content (AvgIpc) is 2.37. The smallest absolute Gasteiger partial charge is 0.0501 e. The summed E-state index contributed by atoms with van der Waals surface area (Å²) in [6.07, 6.45) is 11.2. The van der Waals surface area contributed by atoms with Crippen LogP contribution in [0, 0.1) is 22.7 Å². The van der Waals surface area contributed by atoms with Crippen molar-refractivity contribution in [1.29, 1.82) is 0 Å². The molecule has 0 spiro atoms. The van der Waals surface area contributed by atoms with Crippen LogP contribution in [0.3, 0.4) is 0 Å². The third-order valence-electron chi connectivity index (χ3n) is 6.59. The Labute approximate surface area is 131 Å². The van der Waals surface area contributed by atoms with Gasteiger partial charge >= 0.3 is 0 Å². The van der Waals surface area contributed by atoms with Crippen LogP contribution < -0.4 is 0 Å². The average molecular weight is 290 g/mol. The van der Waals surface area contributed by atoms with E-state index >= 15 is 0 Å². The molecule has 1 N–H and O–H groups in total. The predicted octanol–water partition coefficient (Wildman–Crippen LogP) is 5.50. The highest BCUT2D eigenvalue weighted by atomic mass is 16.3. The second kappa shape index (κ2) is 6.28. The van der Waals surface area contributed by atoms with Gasteiger partial charge in [0, 0.05) is 5.92 Å². The maximum atomic E-state index is 9.91. The molecular weight excluding hydrogens is 256 g/mol. The lowest BCUT2D eigenvalue weighted by Crippen LogP contribution is -2.51. The van der Waals surface area contributed by atoms with Gasteiger partial charge in [0.25, 0.3) is 0 Å². The zero-order valence-electron chi connectivity index (χ0n) is 14.5. The SMILES string of the molecule is C=C1CCC2C(C)(CCC=C(C)C)CCCC2(C)C1CO. The van der Waals surface area contributed by atoms with Gasteiger partial charge in [-0.2, -0.15) is 0 Å². The molecule has 2 rings (SSSR count). The maximum absolute atomic E-state index is 9.91. The molecule has 0 radical (unpaired) electrons. The summed E-state index contributed by atoms with van der Waals surface area (Å²) in [4.78, 5) is 0. The summed E-state index contributed by atoms with van der Waals surface area (Å²) >= 11 is 0. The molecule has 1 nitrogen and oxygen atoms in total. The second-order valence-corrected chi connectivity index (χ2v) is 8.32. The molecule has 1 heteroatoms.